The monoisotopic (exact) mass is 370 g/mol. The number of ether oxygens (including phenoxy) is 1. The molecule has 1 N–H and O–H groups in total. The van der Waals surface area contributed by atoms with Crippen LogP contribution in [0, 0.1) is 0 Å². The van der Waals surface area contributed by atoms with Gasteiger partial charge in [0.25, 0.3) is 17.7 Å². The van der Waals surface area contributed by atoms with Crippen LogP contribution in [0.25, 0.3) is 0 Å². The van der Waals surface area contributed by atoms with Crippen LogP contribution in [-0.4, -0.2) is 51.5 Å². The Morgan fingerprint density at radius 1 is 1.11 bits per heavy atom. The summed E-state index contributed by atoms with van der Waals surface area (Å²) < 4.78 is 6.49. The van der Waals surface area contributed by atoms with Crippen molar-refractivity contribution in [1.82, 2.24) is 14.7 Å². The number of fused-ring (bicyclic) bond motifs is 1. The Bertz CT molecular complexity index is 883. The summed E-state index contributed by atoms with van der Waals surface area (Å²) in [7, 11) is 0. The van der Waals surface area contributed by atoms with E-state index in [-0.39, 0.29) is 17.2 Å². The van der Waals surface area contributed by atoms with Crippen LogP contribution in [0.5, 0.6) is 0 Å². The zero-order valence-electron chi connectivity index (χ0n) is 14.8. The summed E-state index contributed by atoms with van der Waals surface area (Å²) in [6, 6.07) is 7.99. The number of benzene rings is 1. The summed E-state index contributed by atoms with van der Waals surface area (Å²) in [4.78, 5) is 49.1. The maximum atomic E-state index is 12.2. The van der Waals surface area contributed by atoms with Crippen LogP contribution >= 0.6 is 0 Å². The van der Waals surface area contributed by atoms with E-state index in [1.54, 1.807) is 29.1 Å². The molecule has 0 bridgehead atoms. The first kappa shape index (κ1) is 18.3. The lowest BCUT2D eigenvalue weighted by atomic mass is 10.1. The van der Waals surface area contributed by atoms with Crippen molar-refractivity contribution in [3.63, 3.8) is 0 Å². The molecule has 2 aromatic rings. The van der Waals surface area contributed by atoms with Crippen molar-refractivity contribution in [2.24, 2.45) is 0 Å². The molecule has 0 spiro atoms. The van der Waals surface area contributed by atoms with Crippen molar-refractivity contribution >= 4 is 29.5 Å². The van der Waals surface area contributed by atoms with Crippen molar-refractivity contribution in [2.45, 2.75) is 19.9 Å². The Morgan fingerprint density at radius 3 is 2.33 bits per heavy atom. The van der Waals surface area contributed by atoms with Gasteiger partial charge in [0, 0.05) is 12.1 Å². The van der Waals surface area contributed by atoms with Gasteiger partial charge in [-0.2, -0.15) is 5.10 Å². The Labute approximate surface area is 154 Å². The van der Waals surface area contributed by atoms with Crippen LogP contribution in [0.4, 0.5) is 5.82 Å². The number of imide groups is 1. The number of nitrogens with one attached hydrogen (secondary N) is 1. The average Bonchev–Trinajstić information content (AvgIpc) is 3.19. The van der Waals surface area contributed by atoms with E-state index < -0.39 is 36.8 Å². The zero-order chi connectivity index (χ0) is 19.6. The topological polar surface area (TPSA) is 111 Å². The van der Waals surface area contributed by atoms with E-state index in [0.717, 1.165) is 4.90 Å². The largest absolute Gasteiger partial charge is 0.454 e. The summed E-state index contributed by atoms with van der Waals surface area (Å²) >= 11 is 0. The van der Waals surface area contributed by atoms with Crippen molar-refractivity contribution in [3.05, 3.63) is 47.7 Å². The molecular formula is C18H18N4O5. The Morgan fingerprint density at radius 2 is 1.74 bits per heavy atom. The minimum atomic E-state index is -0.850. The zero-order valence-corrected chi connectivity index (χ0v) is 14.8. The van der Waals surface area contributed by atoms with Crippen LogP contribution < -0.4 is 5.32 Å². The van der Waals surface area contributed by atoms with Gasteiger partial charge in [0.1, 0.15) is 12.4 Å². The van der Waals surface area contributed by atoms with E-state index >= 15 is 0 Å². The number of hydrogen-bond acceptors (Lipinski definition) is 6. The second kappa shape index (κ2) is 7.40. The van der Waals surface area contributed by atoms with Gasteiger partial charge in [0.05, 0.1) is 17.3 Å². The Kier molecular flexibility index (Phi) is 5.02. The van der Waals surface area contributed by atoms with Crippen LogP contribution in [0.2, 0.25) is 0 Å². The number of carbonyl (C=O) groups is 4. The summed E-state index contributed by atoms with van der Waals surface area (Å²) in [5.41, 5.74) is 0.491. The van der Waals surface area contributed by atoms with Gasteiger partial charge in [-0.15, -0.1) is 0 Å². The lowest BCUT2D eigenvalue weighted by Gasteiger charge is -2.14. The molecule has 9 heteroatoms. The van der Waals surface area contributed by atoms with E-state index in [0.29, 0.717) is 5.82 Å². The quantitative estimate of drug-likeness (QED) is 0.605. The van der Waals surface area contributed by atoms with Gasteiger partial charge >= 0.3 is 5.97 Å². The molecule has 140 valence electrons. The Hall–Kier alpha value is -3.49. The van der Waals surface area contributed by atoms with Gasteiger partial charge in [0.15, 0.2) is 6.61 Å². The highest BCUT2D eigenvalue weighted by molar-refractivity contribution is 6.22. The summed E-state index contributed by atoms with van der Waals surface area (Å²) in [5, 5.41) is 6.67. The first-order valence-electron chi connectivity index (χ1n) is 8.32. The number of carbonyl (C=O) groups excluding carboxylic acids is 4. The van der Waals surface area contributed by atoms with Gasteiger partial charge in [-0.1, -0.05) is 12.1 Å². The number of aromatic nitrogens is 2. The first-order chi connectivity index (χ1) is 12.9. The van der Waals surface area contributed by atoms with Crippen LogP contribution in [0.3, 0.4) is 0 Å². The third-order valence-electron chi connectivity index (χ3n) is 3.96. The summed E-state index contributed by atoms with van der Waals surface area (Å²) in [6.45, 7) is 2.73. The van der Waals surface area contributed by atoms with Crippen molar-refractivity contribution in [3.8, 4) is 0 Å². The van der Waals surface area contributed by atoms with Crippen LogP contribution in [0.1, 0.15) is 40.6 Å². The van der Waals surface area contributed by atoms with Crippen molar-refractivity contribution < 1.29 is 23.9 Å². The molecule has 1 aliphatic heterocycles. The molecule has 1 aliphatic rings. The van der Waals surface area contributed by atoms with Gasteiger partial charge in [0.2, 0.25) is 0 Å². The van der Waals surface area contributed by atoms with Gasteiger partial charge in [-0.05, 0) is 26.0 Å². The predicted molar refractivity (Wildman–Crippen MR) is 94.0 cm³/mol. The second-order valence-electron chi connectivity index (χ2n) is 6.21. The van der Waals surface area contributed by atoms with Gasteiger partial charge < -0.3 is 10.1 Å². The molecule has 0 fully saturated rings. The van der Waals surface area contributed by atoms with E-state index in [9.17, 15) is 19.2 Å². The molecule has 0 unspecified atom stereocenters. The minimum Gasteiger partial charge on any atom is -0.454 e. The minimum absolute atomic E-state index is 0.0478. The molecule has 1 aromatic heterocycles. The molecule has 9 nitrogen and oxygen atoms in total. The van der Waals surface area contributed by atoms with Crippen LogP contribution in [-0.2, 0) is 14.3 Å². The van der Waals surface area contributed by atoms with Gasteiger partial charge in [-0.3, -0.25) is 24.1 Å². The molecule has 0 aliphatic carbocycles. The fourth-order valence-electron chi connectivity index (χ4n) is 2.71. The highest BCUT2D eigenvalue weighted by Crippen LogP contribution is 2.22. The number of nitrogens with zero attached hydrogens (tertiary/aromatic N) is 3. The molecule has 3 rings (SSSR count). The summed E-state index contributed by atoms with van der Waals surface area (Å²) in [5.74, 6) is -2.03. The van der Waals surface area contributed by atoms with Crippen LogP contribution in [0.15, 0.2) is 36.5 Å². The van der Waals surface area contributed by atoms with E-state index in [4.69, 9.17) is 4.74 Å². The smallest absolute Gasteiger partial charge is 0.326 e. The SMILES string of the molecule is CC(C)n1nccc1NC(=O)COC(=O)CN1C(=O)c2ccccc2C1=O. The van der Waals surface area contributed by atoms with Crippen molar-refractivity contribution in [2.75, 3.05) is 18.5 Å². The molecule has 3 amide bonds. The fraction of sp³-hybridized carbons (Fsp3) is 0.278. The van der Waals surface area contributed by atoms with Crippen molar-refractivity contribution in [1.29, 1.82) is 0 Å². The maximum Gasteiger partial charge on any atom is 0.326 e. The number of esters is 1. The first-order valence-corrected chi connectivity index (χ1v) is 8.32. The summed E-state index contributed by atoms with van der Waals surface area (Å²) in [6.07, 6.45) is 1.55. The standard InChI is InChI=1S/C18H18N4O5/c1-11(2)22-14(7-8-19-22)20-15(23)10-27-16(24)9-21-17(25)12-5-3-4-6-13(12)18(21)26/h3-8,11H,9-10H2,1-2H3,(H,20,23). The second-order valence-corrected chi connectivity index (χ2v) is 6.21. The number of anilines is 1. The lowest BCUT2D eigenvalue weighted by molar-refractivity contribution is -0.147. The molecule has 0 radical (unpaired) electrons. The normalized spacial score (nSPS) is 13.1. The Balaban J connectivity index is 1.53. The molecule has 2 heterocycles. The molecule has 0 atom stereocenters. The third kappa shape index (κ3) is 3.71. The highest BCUT2D eigenvalue weighted by atomic mass is 16.5. The lowest BCUT2D eigenvalue weighted by Crippen LogP contribution is -2.36. The molecule has 0 saturated heterocycles. The molecule has 0 saturated carbocycles. The third-order valence-corrected chi connectivity index (χ3v) is 3.96. The van der Waals surface area contributed by atoms with Gasteiger partial charge in [-0.25, -0.2) is 4.68 Å². The molecule has 27 heavy (non-hydrogen) atoms. The maximum absolute atomic E-state index is 12.2. The number of amides is 3. The number of rotatable bonds is 6. The fourth-order valence-corrected chi connectivity index (χ4v) is 2.71. The number of hydrogen-bond donors (Lipinski definition) is 1. The average molecular weight is 370 g/mol. The van der Waals surface area contributed by atoms with E-state index in [1.807, 2.05) is 13.8 Å². The van der Waals surface area contributed by atoms with E-state index in [1.165, 1.54) is 12.1 Å². The molecule has 1 aromatic carbocycles. The predicted octanol–water partition coefficient (Wildman–Crippen LogP) is 1.24. The van der Waals surface area contributed by atoms with E-state index in [2.05, 4.69) is 10.4 Å². The molecular weight excluding hydrogens is 352 g/mol. The highest BCUT2D eigenvalue weighted by Gasteiger charge is 2.36.